The van der Waals surface area contributed by atoms with Crippen molar-refractivity contribution in [3.8, 4) is 0 Å². The largest absolute Gasteiger partial charge is 0.326 e. The molecular formula is C22H21N3O. The van der Waals surface area contributed by atoms with Gasteiger partial charge in [-0.25, -0.2) is 4.98 Å². The van der Waals surface area contributed by atoms with Crippen LogP contribution in [0, 0.1) is 0 Å². The van der Waals surface area contributed by atoms with Gasteiger partial charge in [-0.15, -0.1) is 0 Å². The van der Waals surface area contributed by atoms with Gasteiger partial charge in [-0.05, 0) is 42.2 Å². The highest BCUT2D eigenvalue weighted by Gasteiger charge is 2.18. The maximum Gasteiger partial charge on any atom is 0.228 e. The molecule has 0 saturated carbocycles. The van der Waals surface area contributed by atoms with Crippen LogP contribution in [0.5, 0.6) is 0 Å². The molecule has 4 nitrogen and oxygen atoms in total. The number of amides is 1. The number of benzene rings is 2. The standard InChI is InChI=1S/C22H21N3O/c26-22(15-17-7-2-1-3-8-17)24-19-12-13-21(23-16-19)25-14-6-10-18-9-4-5-11-20(18)25/h1-5,7-9,11-13,16H,6,10,14-15H2,(H,24,26). The molecule has 4 heteroatoms. The molecule has 0 unspecified atom stereocenters. The number of para-hydroxylation sites is 1. The summed E-state index contributed by atoms with van der Waals surface area (Å²) in [7, 11) is 0. The summed E-state index contributed by atoms with van der Waals surface area (Å²) in [5.41, 5.74) is 4.31. The molecule has 3 aromatic rings. The zero-order valence-corrected chi connectivity index (χ0v) is 14.6. The summed E-state index contributed by atoms with van der Waals surface area (Å²) < 4.78 is 0. The molecule has 2 heterocycles. The first-order valence-electron chi connectivity index (χ1n) is 8.95. The van der Waals surface area contributed by atoms with Gasteiger partial charge in [0, 0.05) is 12.2 Å². The SMILES string of the molecule is O=C(Cc1ccccc1)Nc1ccc(N2CCCc3ccccc32)nc1. The minimum absolute atomic E-state index is 0.0333. The number of aromatic nitrogens is 1. The molecule has 0 atom stereocenters. The molecule has 1 aliphatic heterocycles. The molecule has 0 aliphatic carbocycles. The van der Waals surface area contributed by atoms with E-state index in [2.05, 4.69) is 39.5 Å². The third kappa shape index (κ3) is 3.59. The molecule has 0 bridgehead atoms. The Morgan fingerprint density at radius 2 is 1.81 bits per heavy atom. The molecule has 130 valence electrons. The molecule has 26 heavy (non-hydrogen) atoms. The number of rotatable bonds is 4. The number of hydrogen-bond acceptors (Lipinski definition) is 3. The fraction of sp³-hybridized carbons (Fsp3) is 0.182. The first-order chi connectivity index (χ1) is 12.8. The molecule has 1 aromatic heterocycles. The second kappa shape index (κ2) is 7.40. The average Bonchev–Trinajstić information content (AvgIpc) is 2.69. The lowest BCUT2D eigenvalue weighted by atomic mass is 10.0. The van der Waals surface area contributed by atoms with Gasteiger partial charge >= 0.3 is 0 Å². The number of nitrogens with zero attached hydrogens (tertiary/aromatic N) is 2. The molecule has 1 amide bonds. The van der Waals surface area contributed by atoms with Crippen molar-refractivity contribution >= 4 is 23.1 Å². The molecule has 0 spiro atoms. The van der Waals surface area contributed by atoms with E-state index in [9.17, 15) is 4.79 Å². The number of carbonyl (C=O) groups is 1. The summed E-state index contributed by atoms with van der Waals surface area (Å²) in [6, 6.07) is 22.1. The predicted molar refractivity (Wildman–Crippen MR) is 105 cm³/mol. The van der Waals surface area contributed by atoms with E-state index in [-0.39, 0.29) is 5.91 Å². The minimum atomic E-state index is -0.0333. The lowest BCUT2D eigenvalue weighted by Gasteiger charge is -2.30. The highest BCUT2D eigenvalue weighted by Crippen LogP contribution is 2.32. The summed E-state index contributed by atoms with van der Waals surface area (Å²) >= 11 is 0. The van der Waals surface area contributed by atoms with Gasteiger partial charge in [-0.3, -0.25) is 4.79 Å². The number of hydrogen-bond donors (Lipinski definition) is 1. The van der Waals surface area contributed by atoms with Crippen LogP contribution in [0.25, 0.3) is 0 Å². The maximum absolute atomic E-state index is 12.2. The van der Waals surface area contributed by atoms with Crippen LogP contribution in [0.1, 0.15) is 17.5 Å². The van der Waals surface area contributed by atoms with Crippen LogP contribution in [0.3, 0.4) is 0 Å². The quantitative estimate of drug-likeness (QED) is 0.766. The van der Waals surface area contributed by atoms with E-state index in [1.54, 1.807) is 6.20 Å². The van der Waals surface area contributed by atoms with Crippen molar-refractivity contribution in [2.45, 2.75) is 19.3 Å². The second-order valence-electron chi connectivity index (χ2n) is 6.50. The summed E-state index contributed by atoms with van der Waals surface area (Å²) in [4.78, 5) is 19.0. The van der Waals surface area contributed by atoms with Crippen molar-refractivity contribution in [2.75, 3.05) is 16.8 Å². The van der Waals surface area contributed by atoms with Gasteiger partial charge in [0.05, 0.1) is 18.3 Å². The van der Waals surface area contributed by atoms with Crippen molar-refractivity contribution in [3.05, 3.63) is 84.1 Å². The van der Waals surface area contributed by atoms with E-state index in [1.807, 2.05) is 42.5 Å². The van der Waals surface area contributed by atoms with Crippen molar-refractivity contribution in [2.24, 2.45) is 0 Å². The third-order valence-corrected chi connectivity index (χ3v) is 4.63. The lowest BCUT2D eigenvalue weighted by Crippen LogP contribution is -2.25. The molecule has 4 rings (SSSR count). The number of carbonyl (C=O) groups excluding carboxylic acids is 1. The predicted octanol–water partition coefficient (Wildman–Crippen LogP) is 4.35. The monoisotopic (exact) mass is 343 g/mol. The molecule has 2 aromatic carbocycles. The number of fused-ring (bicyclic) bond motifs is 1. The van der Waals surface area contributed by atoms with Crippen molar-refractivity contribution < 1.29 is 4.79 Å². The van der Waals surface area contributed by atoms with Crippen molar-refractivity contribution in [1.82, 2.24) is 4.98 Å². The fourth-order valence-corrected chi connectivity index (χ4v) is 3.38. The smallest absolute Gasteiger partial charge is 0.228 e. The van der Waals surface area contributed by atoms with Gasteiger partial charge in [0.15, 0.2) is 0 Å². The number of anilines is 3. The Labute approximate surface area is 153 Å². The van der Waals surface area contributed by atoms with Gasteiger partial charge in [0.2, 0.25) is 5.91 Å². The molecule has 0 radical (unpaired) electrons. The van der Waals surface area contributed by atoms with E-state index in [0.29, 0.717) is 6.42 Å². The Morgan fingerprint density at radius 3 is 2.62 bits per heavy atom. The van der Waals surface area contributed by atoms with Crippen LogP contribution in [0.4, 0.5) is 17.2 Å². The minimum Gasteiger partial charge on any atom is -0.326 e. The van der Waals surface area contributed by atoms with Gasteiger partial charge in [0.1, 0.15) is 5.82 Å². The second-order valence-corrected chi connectivity index (χ2v) is 6.50. The summed E-state index contributed by atoms with van der Waals surface area (Å²) in [5.74, 6) is 0.882. The molecule has 0 saturated heterocycles. The molecule has 1 N–H and O–H groups in total. The Hall–Kier alpha value is -3.14. The first kappa shape index (κ1) is 16.3. The number of pyridine rings is 1. The number of aryl methyl sites for hydroxylation is 1. The van der Waals surface area contributed by atoms with Crippen LogP contribution < -0.4 is 10.2 Å². The summed E-state index contributed by atoms with van der Waals surface area (Å²) in [6.45, 7) is 0.962. The van der Waals surface area contributed by atoms with E-state index >= 15 is 0 Å². The first-order valence-corrected chi connectivity index (χ1v) is 8.95. The highest BCUT2D eigenvalue weighted by atomic mass is 16.1. The van der Waals surface area contributed by atoms with Crippen molar-refractivity contribution in [1.29, 1.82) is 0 Å². The van der Waals surface area contributed by atoms with Crippen LogP contribution in [-0.2, 0) is 17.6 Å². The van der Waals surface area contributed by atoms with E-state index < -0.39 is 0 Å². The van der Waals surface area contributed by atoms with E-state index in [1.165, 1.54) is 11.3 Å². The van der Waals surface area contributed by atoms with E-state index in [4.69, 9.17) is 0 Å². The Bertz CT molecular complexity index is 891. The normalized spacial score (nSPS) is 13.2. The summed E-state index contributed by atoms with van der Waals surface area (Å²) in [5, 5.41) is 2.92. The molecule has 1 aliphatic rings. The average molecular weight is 343 g/mol. The lowest BCUT2D eigenvalue weighted by molar-refractivity contribution is -0.115. The number of nitrogens with one attached hydrogen (secondary N) is 1. The molecular weight excluding hydrogens is 322 g/mol. The highest BCUT2D eigenvalue weighted by molar-refractivity contribution is 5.92. The van der Waals surface area contributed by atoms with Crippen LogP contribution in [0.2, 0.25) is 0 Å². The van der Waals surface area contributed by atoms with Gasteiger partial charge < -0.3 is 10.2 Å². The van der Waals surface area contributed by atoms with Crippen LogP contribution >= 0.6 is 0 Å². The van der Waals surface area contributed by atoms with Gasteiger partial charge in [0.25, 0.3) is 0 Å². The third-order valence-electron chi connectivity index (χ3n) is 4.63. The Balaban J connectivity index is 1.45. The zero-order chi connectivity index (χ0) is 17.8. The maximum atomic E-state index is 12.2. The topological polar surface area (TPSA) is 45.2 Å². The van der Waals surface area contributed by atoms with Gasteiger partial charge in [-0.1, -0.05) is 48.5 Å². The zero-order valence-electron chi connectivity index (χ0n) is 14.6. The summed E-state index contributed by atoms with van der Waals surface area (Å²) in [6.07, 6.45) is 4.33. The van der Waals surface area contributed by atoms with Crippen LogP contribution in [-0.4, -0.2) is 17.4 Å². The van der Waals surface area contributed by atoms with Crippen LogP contribution in [0.15, 0.2) is 72.9 Å². The van der Waals surface area contributed by atoms with E-state index in [0.717, 1.165) is 36.5 Å². The Kier molecular flexibility index (Phi) is 4.65. The fourth-order valence-electron chi connectivity index (χ4n) is 3.38. The Morgan fingerprint density at radius 1 is 1.00 bits per heavy atom. The van der Waals surface area contributed by atoms with Gasteiger partial charge in [-0.2, -0.15) is 0 Å². The van der Waals surface area contributed by atoms with Crippen molar-refractivity contribution in [3.63, 3.8) is 0 Å². The molecule has 0 fully saturated rings.